The van der Waals surface area contributed by atoms with Gasteiger partial charge >= 0.3 is 0 Å². The Morgan fingerprint density at radius 1 is 1.29 bits per heavy atom. The van der Waals surface area contributed by atoms with Crippen LogP contribution >= 0.6 is 0 Å². The number of rotatable bonds is 1. The zero-order chi connectivity index (χ0) is 11.8. The van der Waals surface area contributed by atoms with Crippen LogP contribution < -0.4 is 0 Å². The van der Waals surface area contributed by atoms with E-state index in [1.54, 1.807) is 0 Å². The summed E-state index contributed by atoms with van der Waals surface area (Å²) in [6, 6.07) is 8.85. The van der Waals surface area contributed by atoms with E-state index in [0.29, 0.717) is 18.1 Å². The molecule has 2 heteroatoms. The van der Waals surface area contributed by atoms with Gasteiger partial charge in [0, 0.05) is 19.0 Å². The Labute approximate surface area is 104 Å². The SMILES string of the molecule is CCC1O[C@H]2CCN(C)C[C@@H]2c2ccccc21. The summed E-state index contributed by atoms with van der Waals surface area (Å²) < 4.78 is 6.29. The lowest BCUT2D eigenvalue weighted by Crippen LogP contribution is -2.44. The van der Waals surface area contributed by atoms with Gasteiger partial charge < -0.3 is 9.64 Å². The van der Waals surface area contributed by atoms with Gasteiger partial charge in [0.05, 0.1) is 12.2 Å². The summed E-state index contributed by atoms with van der Waals surface area (Å²) in [5, 5.41) is 0. The van der Waals surface area contributed by atoms with Crippen LogP contribution in [0.2, 0.25) is 0 Å². The van der Waals surface area contributed by atoms with Crippen LogP contribution in [0.25, 0.3) is 0 Å². The van der Waals surface area contributed by atoms with Gasteiger partial charge in [-0.25, -0.2) is 0 Å². The molecule has 2 heterocycles. The Morgan fingerprint density at radius 2 is 2.06 bits per heavy atom. The molecule has 0 radical (unpaired) electrons. The van der Waals surface area contributed by atoms with Crippen LogP contribution in [0.4, 0.5) is 0 Å². The van der Waals surface area contributed by atoms with Crippen LogP contribution in [0, 0.1) is 0 Å². The van der Waals surface area contributed by atoms with Gasteiger partial charge in [0.15, 0.2) is 0 Å². The second kappa shape index (κ2) is 4.43. The van der Waals surface area contributed by atoms with Gasteiger partial charge in [-0.3, -0.25) is 0 Å². The van der Waals surface area contributed by atoms with Crippen LogP contribution in [-0.4, -0.2) is 31.1 Å². The lowest BCUT2D eigenvalue weighted by atomic mass is 9.81. The molecule has 0 aliphatic carbocycles. The highest BCUT2D eigenvalue weighted by Gasteiger charge is 2.37. The summed E-state index contributed by atoms with van der Waals surface area (Å²) in [7, 11) is 2.21. The first-order valence-corrected chi connectivity index (χ1v) is 6.72. The molecule has 92 valence electrons. The standard InChI is InChI=1S/C15H21NO/c1-3-14-12-7-5-4-6-11(12)13-10-16(2)9-8-15(13)17-14/h4-7,13-15H,3,8-10H2,1-2H3/t13-,14?,15+/m1/s1. The van der Waals surface area contributed by atoms with E-state index >= 15 is 0 Å². The van der Waals surface area contributed by atoms with Crippen LogP contribution in [0.1, 0.15) is 42.9 Å². The highest BCUT2D eigenvalue weighted by molar-refractivity contribution is 5.35. The number of hydrogen-bond acceptors (Lipinski definition) is 2. The van der Waals surface area contributed by atoms with E-state index in [-0.39, 0.29) is 0 Å². The minimum absolute atomic E-state index is 0.316. The molecule has 0 aromatic heterocycles. The topological polar surface area (TPSA) is 12.5 Å². The minimum atomic E-state index is 0.316. The van der Waals surface area contributed by atoms with Crippen molar-refractivity contribution in [3.05, 3.63) is 35.4 Å². The van der Waals surface area contributed by atoms with E-state index in [4.69, 9.17) is 4.74 Å². The highest BCUT2D eigenvalue weighted by Crippen LogP contribution is 2.42. The van der Waals surface area contributed by atoms with E-state index in [1.807, 2.05) is 0 Å². The Hall–Kier alpha value is -0.860. The number of likely N-dealkylation sites (N-methyl/N-ethyl adjacent to an activating group) is 1. The number of benzene rings is 1. The Morgan fingerprint density at radius 3 is 2.82 bits per heavy atom. The molecular formula is C15H21NO. The Balaban J connectivity index is 1.99. The molecule has 1 unspecified atom stereocenters. The first-order chi connectivity index (χ1) is 8.29. The van der Waals surface area contributed by atoms with Gasteiger partial charge in [-0.1, -0.05) is 31.2 Å². The van der Waals surface area contributed by atoms with Gasteiger partial charge in [0.1, 0.15) is 0 Å². The first kappa shape index (κ1) is 11.2. The average molecular weight is 231 g/mol. The molecule has 0 spiro atoms. The number of fused-ring (bicyclic) bond motifs is 3. The first-order valence-electron chi connectivity index (χ1n) is 6.72. The Bertz CT molecular complexity index is 404. The fourth-order valence-electron chi connectivity index (χ4n) is 3.30. The highest BCUT2D eigenvalue weighted by atomic mass is 16.5. The number of piperidine rings is 1. The third-order valence-corrected chi connectivity index (χ3v) is 4.20. The maximum Gasteiger partial charge on any atom is 0.0829 e. The quantitative estimate of drug-likeness (QED) is 0.737. The molecule has 1 aromatic carbocycles. The molecule has 1 aromatic rings. The van der Waals surface area contributed by atoms with Crippen molar-refractivity contribution < 1.29 is 4.74 Å². The molecular weight excluding hydrogens is 210 g/mol. The van der Waals surface area contributed by atoms with Crippen LogP contribution in [0.3, 0.4) is 0 Å². The van der Waals surface area contributed by atoms with Crippen molar-refractivity contribution in [3.8, 4) is 0 Å². The van der Waals surface area contributed by atoms with E-state index in [9.17, 15) is 0 Å². The van der Waals surface area contributed by atoms with Crippen molar-refractivity contribution in [3.63, 3.8) is 0 Å². The normalized spacial score (nSPS) is 32.9. The second-order valence-electron chi connectivity index (χ2n) is 5.36. The van der Waals surface area contributed by atoms with Crippen molar-refractivity contribution in [2.45, 2.75) is 37.9 Å². The maximum absolute atomic E-state index is 6.29. The van der Waals surface area contributed by atoms with E-state index in [1.165, 1.54) is 24.1 Å². The maximum atomic E-state index is 6.29. The van der Waals surface area contributed by atoms with Crippen LogP contribution in [-0.2, 0) is 4.74 Å². The van der Waals surface area contributed by atoms with Gasteiger partial charge in [0.25, 0.3) is 0 Å². The number of ether oxygens (including phenoxy) is 1. The zero-order valence-corrected chi connectivity index (χ0v) is 10.7. The van der Waals surface area contributed by atoms with Crippen molar-refractivity contribution in [1.82, 2.24) is 4.90 Å². The fourth-order valence-corrected chi connectivity index (χ4v) is 3.30. The molecule has 2 aliphatic rings. The average Bonchev–Trinajstić information content (AvgIpc) is 2.38. The zero-order valence-electron chi connectivity index (χ0n) is 10.7. The van der Waals surface area contributed by atoms with E-state index < -0.39 is 0 Å². The van der Waals surface area contributed by atoms with Crippen LogP contribution in [0.15, 0.2) is 24.3 Å². The molecule has 1 saturated heterocycles. The predicted molar refractivity (Wildman–Crippen MR) is 69.2 cm³/mol. The van der Waals surface area contributed by atoms with E-state index in [2.05, 4.69) is 43.1 Å². The van der Waals surface area contributed by atoms with Crippen molar-refractivity contribution in [2.24, 2.45) is 0 Å². The summed E-state index contributed by atoms with van der Waals surface area (Å²) in [5.41, 5.74) is 2.95. The summed E-state index contributed by atoms with van der Waals surface area (Å²) >= 11 is 0. The van der Waals surface area contributed by atoms with Crippen molar-refractivity contribution in [2.75, 3.05) is 20.1 Å². The number of hydrogen-bond donors (Lipinski definition) is 0. The molecule has 3 atom stereocenters. The molecule has 0 bridgehead atoms. The predicted octanol–water partition coefficient (Wildman–Crippen LogP) is 2.96. The number of likely N-dealkylation sites (tertiary alicyclic amines) is 1. The summed E-state index contributed by atoms with van der Waals surface area (Å²) in [6.07, 6.45) is 3.00. The largest absolute Gasteiger partial charge is 0.370 e. The molecule has 0 saturated carbocycles. The lowest BCUT2D eigenvalue weighted by Gasteiger charge is -2.43. The Kier molecular flexibility index (Phi) is 2.93. The summed E-state index contributed by atoms with van der Waals surface area (Å²) in [5.74, 6) is 0.577. The summed E-state index contributed by atoms with van der Waals surface area (Å²) in [6.45, 7) is 4.52. The number of nitrogens with zero attached hydrogens (tertiary/aromatic N) is 1. The minimum Gasteiger partial charge on any atom is -0.370 e. The van der Waals surface area contributed by atoms with E-state index in [0.717, 1.165) is 13.0 Å². The third kappa shape index (κ3) is 1.90. The fraction of sp³-hybridized carbons (Fsp3) is 0.600. The smallest absolute Gasteiger partial charge is 0.0829 e. The van der Waals surface area contributed by atoms with Gasteiger partial charge in [-0.2, -0.15) is 0 Å². The van der Waals surface area contributed by atoms with Crippen molar-refractivity contribution >= 4 is 0 Å². The molecule has 0 N–H and O–H groups in total. The molecule has 2 aliphatic heterocycles. The van der Waals surface area contributed by atoms with Gasteiger partial charge in [-0.05, 0) is 31.0 Å². The molecule has 1 fully saturated rings. The second-order valence-corrected chi connectivity index (χ2v) is 5.36. The molecule has 17 heavy (non-hydrogen) atoms. The van der Waals surface area contributed by atoms with Crippen molar-refractivity contribution in [1.29, 1.82) is 0 Å². The third-order valence-electron chi connectivity index (χ3n) is 4.20. The van der Waals surface area contributed by atoms with Crippen LogP contribution in [0.5, 0.6) is 0 Å². The van der Waals surface area contributed by atoms with Gasteiger partial charge in [-0.15, -0.1) is 0 Å². The lowest BCUT2D eigenvalue weighted by molar-refractivity contribution is -0.0687. The monoisotopic (exact) mass is 231 g/mol. The molecule has 3 rings (SSSR count). The molecule has 2 nitrogen and oxygen atoms in total. The molecule has 0 amide bonds. The summed E-state index contributed by atoms with van der Waals surface area (Å²) in [4.78, 5) is 2.42. The van der Waals surface area contributed by atoms with Gasteiger partial charge in [0.2, 0.25) is 0 Å².